The molecule has 0 aromatic carbocycles. The molecule has 9 saturated heterocycles. The molecule has 9 fully saturated rings. The predicted molar refractivity (Wildman–Crippen MR) is 298 cm³/mol. The van der Waals surface area contributed by atoms with E-state index in [2.05, 4.69) is 5.92 Å². The largest absolute Gasteiger partial charge is 0.394 e. The maximum Gasteiger partial charge on any atom is 0.222 e. The number of rotatable bonds is 23. The standard InChI is InChI=1S/C55H89NO43/c1-3-4-56(13(2)59)46-34(75)31(72)43(47(82)99-46)96-53-40(81)33(74)42(21(93-53)12-88-55-45(24(65)16(62)9-85-55)98-50-37(78)29(70)26(67)18(6-58)90-50)95-52-39(80)32(73)41(94-51-38(79)30(71)27(68)19(91-51)10-86-48-35(76)22(63)14(60)7-83-48)20(92-52)11-87-54-44(23(64)15(61)8-84-54)97-49-36(77)28(69)25(66)17(5-57)89-49/h1,14-55,57-58,60-82H,4-12H2,2H3/t14-,15+,16-,17?,18?,19?,20+,21?,22+,23?,24+,25+,26+,27-,28+,29+,30+,31?,32?,33-,34?,35?,36?,37?,38?,39?,40?,41-,42-,43+,44?,45?,46-,47-,48-,49+,50+,51+,52+,53+,54+,55-/m1/s1. The summed E-state index contributed by atoms with van der Waals surface area (Å²) in [6, 6.07) is 0. The van der Waals surface area contributed by atoms with Crippen LogP contribution in [0.15, 0.2) is 0 Å². The molecule has 0 aliphatic carbocycles. The highest BCUT2D eigenvalue weighted by molar-refractivity contribution is 5.73. The Hall–Kier alpha value is -2.65. The van der Waals surface area contributed by atoms with Gasteiger partial charge in [0.15, 0.2) is 62.8 Å². The maximum absolute atomic E-state index is 12.5. The van der Waals surface area contributed by atoms with E-state index < -0.39 is 323 Å². The zero-order valence-corrected chi connectivity index (χ0v) is 52.2. The highest BCUT2D eigenvalue weighted by Crippen LogP contribution is 2.38. The zero-order chi connectivity index (χ0) is 72.5. The van der Waals surface area contributed by atoms with Gasteiger partial charge in [0.2, 0.25) is 5.91 Å². The Kier molecular flexibility index (Phi) is 28.2. The molecule has 25 N–H and O–H groups in total. The predicted octanol–water partition coefficient (Wildman–Crippen LogP) is -18.3. The minimum Gasteiger partial charge on any atom is -0.394 e. The third-order valence-corrected chi connectivity index (χ3v) is 18.2. The molecule has 0 radical (unpaired) electrons. The van der Waals surface area contributed by atoms with Crippen LogP contribution in [0.1, 0.15) is 6.92 Å². The normalized spacial score (nSPS) is 51.6. The average Bonchev–Trinajstić information content (AvgIpc) is 0.777. The van der Waals surface area contributed by atoms with Crippen molar-refractivity contribution < 1.29 is 213 Å². The number of carbonyl (C=O) groups excluding carboxylic acids is 1. The van der Waals surface area contributed by atoms with E-state index in [-0.39, 0.29) is 0 Å². The first-order valence-electron chi connectivity index (χ1n) is 31.3. The molecule has 0 spiro atoms. The summed E-state index contributed by atoms with van der Waals surface area (Å²) in [5, 5.41) is 273. The van der Waals surface area contributed by atoms with Crippen molar-refractivity contribution in [2.24, 2.45) is 0 Å². The number of nitrogens with zero attached hydrogens (tertiary/aromatic N) is 1. The van der Waals surface area contributed by atoms with E-state index >= 15 is 0 Å². The fourth-order valence-electron chi connectivity index (χ4n) is 12.3. The Morgan fingerprint density at radius 1 is 0.354 bits per heavy atom. The van der Waals surface area contributed by atoms with Gasteiger partial charge in [-0.1, -0.05) is 5.92 Å². The van der Waals surface area contributed by atoms with Crippen molar-refractivity contribution in [2.75, 3.05) is 59.4 Å². The van der Waals surface area contributed by atoms with Crippen LogP contribution in [-0.2, 0) is 85.3 Å². The number of aliphatic hydroxyl groups is 25. The number of carbonyl (C=O) groups is 1. The molecule has 0 aromatic heterocycles. The molecule has 572 valence electrons. The molecule has 9 aliphatic rings. The van der Waals surface area contributed by atoms with E-state index in [1.807, 2.05) is 0 Å². The van der Waals surface area contributed by atoms with Crippen LogP contribution < -0.4 is 0 Å². The fourth-order valence-corrected chi connectivity index (χ4v) is 12.3. The Morgan fingerprint density at radius 2 is 0.667 bits per heavy atom. The minimum absolute atomic E-state index is 0.502. The van der Waals surface area contributed by atoms with Crippen LogP contribution >= 0.6 is 0 Å². The summed E-state index contributed by atoms with van der Waals surface area (Å²) in [5.41, 5.74) is 0. The van der Waals surface area contributed by atoms with Crippen molar-refractivity contribution in [1.82, 2.24) is 4.90 Å². The first-order valence-corrected chi connectivity index (χ1v) is 31.3. The molecule has 0 bridgehead atoms. The topological polar surface area (TPSA) is 683 Å². The van der Waals surface area contributed by atoms with Gasteiger partial charge in [0.1, 0.15) is 195 Å². The van der Waals surface area contributed by atoms with E-state index in [4.69, 9.17) is 87.0 Å². The second-order valence-corrected chi connectivity index (χ2v) is 25.0. The molecule has 0 aromatic rings. The SMILES string of the molecule is C#CCN(C(C)=O)[C@@H]1O[C@@H](O)[C@@H](O[C@@H]2OC(CO[C@H]3OC[C@@H](O)[C@H](O)C3O[C@@H]3OC(CO)[C@H](O)[C@H](O)C3O)[C@@H](O[C@@H]3O[C@@H](CO[C@@H]4OC[C@H](O)C(O)C4O[C@@H]4OC(CO)[C@H](O)[C@H](O)C4O)[C@@H](O[C@@H]4OC(CO[C@H]5OC[C@@H](O)[C@H](O)C5O)[C@@H](O)[C@H](O)C4O)C(O)C3O)[C@H](O)C2O)C(O)C1O. The van der Waals surface area contributed by atoms with Gasteiger partial charge in [-0.15, -0.1) is 6.42 Å². The molecule has 9 heterocycles. The molecule has 42 atom stereocenters. The van der Waals surface area contributed by atoms with Gasteiger partial charge in [0.05, 0.1) is 59.4 Å². The van der Waals surface area contributed by atoms with Crippen LogP contribution in [0.25, 0.3) is 0 Å². The summed E-state index contributed by atoms with van der Waals surface area (Å²) in [6.07, 6.45) is -80.7. The lowest BCUT2D eigenvalue weighted by atomic mass is 9.95. The van der Waals surface area contributed by atoms with E-state index in [0.29, 0.717) is 0 Å². The van der Waals surface area contributed by atoms with Crippen LogP contribution in [0.5, 0.6) is 0 Å². The van der Waals surface area contributed by atoms with Crippen molar-refractivity contribution in [1.29, 1.82) is 0 Å². The Balaban J connectivity index is 1.01. The summed E-state index contributed by atoms with van der Waals surface area (Å²) >= 11 is 0. The quantitative estimate of drug-likeness (QED) is 0.0422. The van der Waals surface area contributed by atoms with Crippen LogP contribution in [0, 0.1) is 12.3 Å². The molecular weight excluding hydrogens is 1360 g/mol. The van der Waals surface area contributed by atoms with Gasteiger partial charge in [-0.2, -0.15) is 0 Å². The fraction of sp³-hybridized carbons (Fsp3) is 0.945. The average molecular weight is 1450 g/mol. The number of ether oxygens (including phenoxy) is 17. The van der Waals surface area contributed by atoms with Gasteiger partial charge in [0, 0.05) is 6.92 Å². The summed E-state index contributed by atoms with van der Waals surface area (Å²) in [4.78, 5) is 13.2. The summed E-state index contributed by atoms with van der Waals surface area (Å²) in [6.45, 7) is -6.42. The second kappa shape index (κ2) is 34.7. The smallest absolute Gasteiger partial charge is 0.222 e. The van der Waals surface area contributed by atoms with E-state index in [9.17, 15) is 132 Å². The van der Waals surface area contributed by atoms with Crippen molar-refractivity contribution in [3.63, 3.8) is 0 Å². The summed E-state index contributed by atoms with van der Waals surface area (Å²) in [5.74, 6) is 1.36. The number of hydrogen-bond acceptors (Lipinski definition) is 43. The number of aliphatic hydroxyl groups excluding tert-OH is 25. The molecule has 9 aliphatic heterocycles. The van der Waals surface area contributed by atoms with Gasteiger partial charge < -0.3 is 213 Å². The minimum atomic E-state index is -2.50. The van der Waals surface area contributed by atoms with Crippen molar-refractivity contribution in [3.8, 4) is 12.3 Å². The number of terminal acetylenes is 1. The van der Waals surface area contributed by atoms with Gasteiger partial charge in [-0.3, -0.25) is 4.79 Å². The van der Waals surface area contributed by atoms with Crippen LogP contribution in [0.3, 0.4) is 0 Å². The lowest BCUT2D eigenvalue weighted by Gasteiger charge is -2.50. The molecule has 1 amide bonds. The first-order chi connectivity index (χ1) is 46.8. The number of hydrogen-bond donors (Lipinski definition) is 25. The second-order valence-electron chi connectivity index (χ2n) is 25.0. The van der Waals surface area contributed by atoms with Crippen LogP contribution in [0.2, 0.25) is 0 Å². The summed E-state index contributed by atoms with van der Waals surface area (Å²) < 4.78 is 97.5. The molecule has 16 unspecified atom stereocenters. The zero-order valence-electron chi connectivity index (χ0n) is 52.2. The van der Waals surface area contributed by atoms with Crippen LogP contribution in [0.4, 0.5) is 0 Å². The van der Waals surface area contributed by atoms with E-state index in [1.165, 1.54) is 0 Å². The van der Waals surface area contributed by atoms with Crippen molar-refractivity contribution in [2.45, 2.75) is 265 Å². The highest BCUT2D eigenvalue weighted by atomic mass is 16.8. The maximum atomic E-state index is 12.5. The molecular formula is C55H89NO43. The highest BCUT2D eigenvalue weighted by Gasteiger charge is 2.59. The van der Waals surface area contributed by atoms with Gasteiger partial charge in [-0.05, 0) is 0 Å². The lowest BCUT2D eigenvalue weighted by molar-refractivity contribution is -0.399. The Morgan fingerprint density at radius 3 is 1.07 bits per heavy atom. The number of amides is 1. The lowest BCUT2D eigenvalue weighted by Crippen LogP contribution is -2.68. The first kappa shape index (κ1) is 80.4. The van der Waals surface area contributed by atoms with E-state index in [0.717, 1.165) is 11.8 Å². The van der Waals surface area contributed by atoms with Gasteiger partial charge >= 0.3 is 0 Å². The van der Waals surface area contributed by atoms with Crippen molar-refractivity contribution >= 4 is 5.91 Å². The summed E-state index contributed by atoms with van der Waals surface area (Å²) in [7, 11) is 0. The third-order valence-electron chi connectivity index (χ3n) is 18.2. The Bertz CT molecular complexity index is 2550. The third kappa shape index (κ3) is 17.4. The Labute approximate surface area is 559 Å². The molecule has 0 saturated carbocycles. The van der Waals surface area contributed by atoms with E-state index in [1.54, 1.807) is 0 Å². The molecule has 44 nitrogen and oxygen atoms in total. The van der Waals surface area contributed by atoms with Crippen molar-refractivity contribution in [3.05, 3.63) is 0 Å². The van der Waals surface area contributed by atoms with Crippen LogP contribution in [-0.4, -0.2) is 456 Å². The molecule has 44 heteroatoms. The monoisotopic (exact) mass is 1450 g/mol. The molecule has 99 heavy (non-hydrogen) atoms. The molecule has 9 rings (SSSR count). The van der Waals surface area contributed by atoms with Gasteiger partial charge in [-0.25, -0.2) is 0 Å². The van der Waals surface area contributed by atoms with Gasteiger partial charge in [0.25, 0.3) is 0 Å².